The third-order valence-electron chi connectivity index (χ3n) is 11.6. The van der Waals surface area contributed by atoms with Crippen LogP contribution >= 0.6 is 0 Å². The van der Waals surface area contributed by atoms with Gasteiger partial charge in [0.1, 0.15) is 35.2 Å². The number of hydrogen-bond donors (Lipinski definition) is 4. The molecule has 0 aliphatic carbocycles. The quantitative estimate of drug-likeness (QED) is 0.0772. The second-order valence-corrected chi connectivity index (χ2v) is 21.3. The van der Waals surface area contributed by atoms with Crippen LogP contribution in [0.4, 0.5) is 0 Å². The number of aromatic hydroxyl groups is 4. The first kappa shape index (κ1) is 49.7. The van der Waals surface area contributed by atoms with Crippen molar-refractivity contribution >= 4 is 11.9 Å². The molecule has 0 bridgehead atoms. The van der Waals surface area contributed by atoms with E-state index < -0.39 is 24.1 Å². The average Bonchev–Trinajstić information content (AvgIpc) is 3.16. The van der Waals surface area contributed by atoms with Crippen molar-refractivity contribution in [2.24, 2.45) is 0 Å². The molecule has 0 amide bonds. The van der Waals surface area contributed by atoms with Crippen LogP contribution in [0.1, 0.15) is 166 Å². The van der Waals surface area contributed by atoms with E-state index in [1.165, 1.54) is 0 Å². The molecule has 4 aromatic rings. The SMILES string of the molecule is CC(C)(C)c1cc(CCC(CCc2ccc(O)c(C(C)(C)C)c2)OC(=O)CCC(=O)OC(CCc2ccc(O)c(C(C)(C)C)c2)CCc2ccc(O)c(C(C)(C)C)c2)ccc1O. The first-order chi connectivity index (χ1) is 28.7. The molecule has 0 fully saturated rings. The number of phenolic OH excluding ortho intramolecular Hbond substituents is 4. The average molecular weight is 851 g/mol. The van der Waals surface area contributed by atoms with Gasteiger partial charge in [0, 0.05) is 0 Å². The molecule has 4 N–H and O–H groups in total. The minimum absolute atomic E-state index is 0.122. The van der Waals surface area contributed by atoms with Crippen molar-refractivity contribution < 1.29 is 39.5 Å². The summed E-state index contributed by atoms with van der Waals surface area (Å²) in [6.45, 7) is 24.7. The summed E-state index contributed by atoms with van der Waals surface area (Å²) < 4.78 is 12.2. The van der Waals surface area contributed by atoms with Crippen molar-refractivity contribution in [3.8, 4) is 23.0 Å². The van der Waals surface area contributed by atoms with E-state index in [0.29, 0.717) is 51.4 Å². The second-order valence-electron chi connectivity index (χ2n) is 21.3. The van der Waals surface area contributed by atoms with Crippen LogP contribution in [-0.4, -0.2) is 44.6 Å². The fourth-order valence-electron chi connectivity index (χ4n) is 7.89. The Morgan fingerprint density at radius 2 is 0.613 bits per heavy atom. The van der Waals surface area contributed by atoms with E-state index in [4.69, 9.17) is 9.47 Å². The van der Waals surface area contributed by atoms with Gasteiger partial charge in [0.15, 0.2) is 0 Å². The molecular formula is C54H74O8. The van der Waals surface area contributed by atoms with Gasteiger partial charge in [-0.1, -0.05) is 132 Å². The first-order valence-corrected chi connectivity index (χ1v) is 22.4. The number of phenols is 4. The van der Waals surface area contributed by atoms with Gasteiger partial charge in [-0.2, -0.15) is 0 Å². The number of carbonyl (C=O) groups excluding carboxylic acids is 2. The third kappa shape index (κ3) is 14.8. The number of benzene rings is 4. The Kier molecular flexibility index (Phi) is 16.4. The largest absolute Gasteiger partial charge is 0.508 e. The molecule has 0 saturated carbocycles. The summed E-state index contributed by atoms with van der Waals surface area (Å²) in [5.41, 5.74) is 6.58. The maximum atomic E-state index is 13.5. The predicted octanol–water partition coefficient (Wildman–Crippen LogP) is 12.1. The summed E-state index contributed by atoms with van der Waals surface area (Å²) in [5, 5.41) is 42.2. The van der Waals surface area contributed by atoms with Crippen molar-refractivity contribution in [2.75, 3.05) is 0 Å². The van der Waals surface area contributed by atoms with Crippen LogP contribution in [0.25, 0.3) is 0 Å². The van der Waals surface area contributed by atoms with Gasteiger partial charge in [-0.3, -0.25) is 9.59 Å². The molecule has 62 heavy (non-hydrogen) atoms. The molecule has 0 spiro atoms. The Labute approximate surface area is 371 Å². The van der Waals surface area contributed by atoms with Gasteiger partial charge in [-0.25, -0.2) is 0 Å². The van der Waals surface area contributed by atoms with Gasteiger partial charge in [-0.15, -0.1) is 0 Å². The van der Waals surface area contributed by atoms with Crippen LogP contribution < -0.4 is 0 Å². The number of carbonyl (C=O) groups is 2. The van der Waals surface area contributed by atoms with Crippen molar-refractivity contribution in [2.45, 2.75) is 181 Å². The Morgan fingerprint density at radius 1 is 0.403 bits per heavy atom. The van der Waals surface area contributed by atoms with Crippen LogP contribution in [0.5, 0.6) is 23.0 Å². The number of ether oxygens (including phenoxy) is 2. The van der Waals surface area contributed by atoms with Gasteiger partial charge in [0.05, 0.1) is 12.8 Å². The smallest absolute Gasteiger partial charge is 0.306 e. The summed E-state index contributed by atoms with van der Waals surface area (Å²) in [4.78, 5) is 27.0. The zero-order valence-electron chi connectivity index (χ0n) is 39.6. The third-order valence-corrected chi connectivity index (χ3v) is 11.6. The molecule has 8 nitrogen and oxygen atoms in total. The number of hydrogen-bond acceptors (Lipinski definition) is 8. The molecule has 4 aromatic carbocycles. The summed E-state index contributed by atoms with van der Waals surface area (Å²) in [6, 6.07) is 22.6. The Morgan fingerprint density at radius 3 is 0.806 bits per heavy atom. The van der Waals surface area contributed by atoms with Crippen LogP contribution in [0.2, 0.25) is 0 Å². The molecule has 0 aliphatic rings. The Bertz CT molecular complexity index is 1850. The zero-order valence-corrected chi connectivity index (χ0v) is 39.6. The highest BCUT2D eigenvalue weighted by Gasteiger charge is 2.25. The first-order valence-electron chi connectivity index (χ1n) is 22.4. The molecule has 0 heterocycles. The summed E-state index contributed by atoms with van der Waals surface area (Å²) in [7, 11) is 0. The van der Waals surface area contributed by atoms with Gasteiger partial charge in [-0.05, 0) is 142 Å². The summed E-state index contributed by atoms with van der Waals surface area (Å²) >= 11 is 0. The molecule has 0 radical (unpaired) electrons. The molecule has 0 aromatic heterocycles. The number of rotatable bonds is 17. The van der Waals surface area contributed by atoms with E-state index in [1.807, 2.05) is 48.5 Å². The Balaban J connectivity index is 1.47. The number of aryl methyl sites for hydroxylation is 4. The predicted molar refractivity (Wildman–Crippen MR) is 250 cm³/mol. The fourth-order valence-corrected chi connectivity index (χ4v) is 7.89. The lowest BCUT2D eigenvalue weighted by Crippen LogP contribution is -2.23. The van der Waals surface area contributed by atoms with Crippen LogP contribution in [0.15, 0.2) is 72.8 Å². The van der Waals surface area contributed by atoms with E-state index in [9.17, 15) is 30.0 Å². The molecule has 0 aliphatic heterocycles. The van der Waals surface area contributed by atoms with Crippen LogP contribution in [-0.2, 0) is 66.4 Å². The van der Waals surface area contributed by atoms with Gasteiger partial charge >= 0.3 is 11.9 Å². The molecule has 338 valence electrons. The van der Waals surface area contributed by atoms with E-state index in [-0.39, 0.29) is 57.5 Å². The lowest BCUT2D eigenvalue weighted by atomic mass is 9.84. The van der Waals surface area contributed by atoms with Gasteiger partial charge in [0.25, 0.3) is 0 Å². The normalized spacial score (nSPS) is 12.5. The highest BCUT2D eigenvalue weighted by atomic mass is 16.6. The summed E-state index contributed by atoms with van der Waals surface area (Å²) in [5.74, 6) is 0.0816. The maximum Gasteiger partial charge on any atom is 0.306 e. The highest BCUT2D eigenvalue weighted by molar-refractivity contribution is 5.77. The summed E-state index contributed by atoms with van der Waals surface area (Å²) in [6.07, 6.45) is 3.62. The standard InChI is InChI=1S/C54H74O8/c1-51(2,3)41-31-35(17-25-45(41)55)13-21-39(22-14-36-18-26-46(56)42(32-36)52(4,5)6)61-49(59)29-30-50(60)62-40(23-15-37-19-27-47(57)43(33-37)53(7,8)9)24-16-38-20-28-48(58)44(34-38)54(10,11)12/h17-20,25-28,31-34,39-40,55-58H,13-16,21-24,29-30H2,1-12H3. The molecular weight excluding hydrogens is 777 g/mol. The van der Waals surface area contributed by atoms with Crippen molar-refractivity contribution in [3.63, 3.8) is 0 Å². The fraction of sp³-hybridized carbons (Fsp3) is 0.519. The molecule has 0 unspecified atom stereocenters. The molecule has 8 heteroatoms. The Hall–Kier alpha value is -4.98. The van der Waals surface area contributed by atoms with Crippen molar-refractivity contribution in [1.82, 2.24) is 0 Å². The molecule has 4 rings (SSSR count). The molecule has 0 saturated heterocycles. The topological polar surface area (TPSA) is 134 Å². The minimum atomic E-state index is -0.469. The minimum Gasteiger partial charge on any atom is -0.508 e. The highest BCUT2D eigenvalue weighted by Crippen LogP contribution is 2.35. The second kappa shape index (κ2) is 20.5. The van der Waals surface area contributed by atoms with Crippen LogP contribution in [0.3, 0.4) is 0 Å². The monoisotopic (exact) mass is 851 g/mol. The van der Waals surface area contributed by atoms with E-state index >= 15 is 0 Å². The van der Waals surface area contributed by atoms with E-state index in [2.05, 4.69) is 83.1 Å². The molecule has 0 atom stereocenters. The lowest BCUT2D eigenvalue weighted by molar-refractivity contribution is -0.156. The zero-order chi connectivity index (χ0) is 46.2. The van der Waals surface area contributed by atoms with Crippen LogP contribution in [0, 0.1) is 0 Å². The van der Waals surface area contributed by atoms with E-state index in [1.54, 1.807) is 24.3 Å². The van der Waals surface area contributed by atoms with Gasteiger partial charge in [0.2, 0.25) is 0 Å². The van der Waals surface area contributed by atoms with Gasteiger partial charge < -0.3 is 29.9 Å². The maximum absolute atomic E-state index is 13.5. The van der Waals surface area contributed by atoms with Crippen molar-refractivity contribution in [1.29, 1.82) is 0 Å². The van der Waals surface area contributed by atoms with E-state index in [0.717, 1.165) is 44.5 Å². The number of esters is 2. The lowest BCUT2D eigenvalue weighted by Gasteiger charge is -2.23. The van der Waals surface area contributed by atoms with Crippen molar-refractivity contribution in [3.05, 3.63) is 117 Å².